The molecule has 0 unspecified atom stereocenters. The lowest BCUT2D eigenvalue weighted by atomic mass is 9.99. The van der Waals surface area contributed by atoms with E-state index < -0.39 is 24.7 Å². The van der Waals surface area contributed by atoms with E-state index in [0.29, 0.717) is 5.56 Å². The second-order valence-corrected chi connectivity index (χ2v) is 4.68. The Hall–Kier alpha value is -1.85. The van der Waals surface area contributed by atoms with E-state index in [1.165, 1.54) is 0 Å². The van der Waals surface area contributed by atoms with Gasteiger partial charge in [0.05, 0.1) is 0 Å². The third-order valence-electron chi connectivity index (χ3n) is 3.44. The Labute approximate surface area is 116 Å². The lowest BCUT2D eigenvalue weighted by molar-refractivity contribution is -0.104. The number of alkyl carbamates (subject to hydrolysis) is 1. The number of rotatable bonds is 4. The molecule has 1 aromatic rings. The SMILES string of the molecule is CCN(CC)c1ccc([C@H]2NC(=O)OCC2(F)F)cc1. The smallest absolute Gasteiger partial charge is 0.408 e. The van der Waals surface area contributed by atoms with Crippen molar-refractivity contribution in [3.8, 4) is 0 Å². The lowest BCUT2D eigenvalue weighted by Crippen LogP contribution is -2.49. The molecule has 6 heteroatoms. The van der Waals surface area contributed by atoms with Gasteiger partial charge < -0.3 is 15.0 Å². The van der Waals surface area contributed by atoms with Crippen molar-refractivity contribution in [1.82, 2.24) is 5.32 Å². The minimum absolute atomic E-state index is 0.377. The second kappa shape index (κ2) is 5.64. The van der Waals surface area contributed by atoms with Gasteiger partial charge in [-0.3, -0.25) is 0 Å². The number of anilines is 1. The molecule has 1 saturated heterocycles. The van der Waals surface area contributed by atoms with Crippen LogP contribution in [0.1, 0.15) is 25.5 Å². The summed E-state index contributed by atoms with van der Waals surface area (Å²) in [7, 11) is 0. The first-order chi connectivity index (χ1) is 9.47. The summed E-state index contributed by atoms with van der Waals surface area (Å²) in [5.74, 6) is -3.11. The van der Waals surface area contributed by atoms with Crippen molar-refractivity contribution in [2.75, 3.05) is 24.6 Å². The van der Waals surface area contributed by atoms with Crippen molar-refractivity contribution < 1.29 is 18.3 Å². The molecule has 1 fully saturated rings. The molecule has 0 spiro atoms. The van der Waals surface area contributed by atoms with E-state index in [4.69, 9.17) is 0 Å². The maximum Gasteiger partial charge on any atom is 0.408 e. The van der Waals surface area contributed by atoms with Crippen molar-refractivity contribution in [2.24, 2.45) is 0 Å². The maximum atomic E-state index is 13.8. The van der Waals surface area contributed by atoms with E-state index in [0.717, 1.165) is 18.8 Å². The molecular formula is C14H18F2N2O2. The molecular weight excluding hydrogens is 266 g/mol. The zero-order valence-electron chi connectivity index (χ0n) is 11.5. The van der Waals surface area contributed by atoms with Crippen LogP contribution in [0.2, 0.25) is 0 Å². The number of nitrogens with zero attached hydrogens (tertiary/aromatic N) is 1. The highest BCUT2D eigenvalue weighted by Crippen LogP contribution is 2.35. The summed E-state index contributed by atoms with van der Waals surface area (Å²) < 4.78 is 31.9. The van der Waals surface area contributed by atoms with Crippen LogP contribution in [0.15, 0.2) is 24.3 Å². The molecule has 2 rings (SSSR count). The average Bonchev–Trinajstić information content (AvgIpc) is 2.44. The zero-order chi connectivity index (χ0) is 14.8. The molecule has 1 aromatic carbocycles. The molecule has 1 atom stereocenters. The van der Waals surface area contributed by atoms with Crippen LogP contribution in [-0.2, 0) is 4.74 Å². The van der Waals surface area contributed by atoms with Gasteiger partial charge >= 0.3 is 12.0 Å². The van der Waals surface area contributed by atoms with E-state index in [-0.39, 0.29) is 0 Å². The maximum absolute atomic E-state index is 13.8. The van der Waals surface area contributed by atoms with E-state index in [9.17, 15) is 13.6 Å². The Bertz CT molecular complexity index is 473. The van der Waals surface area contributed by atoms with Crippen LogP contribution < -0.4 is 10.2 Å². The van der Waals surface area contributed by atoms with Gasteiger partial charge in [0, 0.05) is 18.8 Å². The number of hydrogen-bond donors (Lipinski definition) is 1. The fourth-order valence-corrected chi connectivity index (χ4v) is 2.30. The standard InChI is InChI=1S/C14H18F2N2O2/c1-3-18(4-2)11-7-5-10(6-8-11)12-14(15,16)9-20-13(19)17-12/h5-8,12H,3-4,9H2,1-2H3,(H,17,19)/t12-/m1/s1. The van der Waals surface area contributed by atoms with Crippen molar-refractivity contribution >= 4 is 11.8 Å². The Kier molecular flexibility index (Phi) is 4.11. The molecule has 0 aliphatic carbocycles. The third-order valence-corrected chi connectivity index (χ3v) is 3.44. The van der Waals surface area contributed by atoms with Crippen molar-refractivity contribution in [2.45, 2.75) is 25.8 Å². The molecule has 1 aliphatic heterocycles. The number of cyclic esters (lactones) is 1. The molecule has 4 nitrogen and oxygen atoms in total. The molecule has 1 heterocycles. The van der Waals surface area contributed by atoms with Gasteiger partial charge in [-0.2, -0.15) is 0 Å². The second-order valence-electron chi connectivity index (χ2n) is 4.68. The highest BCUT2D eigenvalue weighted by molar-refractivity contribution is 5.69. The number of carbonyl (C=O) groups excluding carboxylic acids is 1. The summed E-state index contributed by atoms with van der Waals surface area (Å²) >= 11 is 0. The lowest BCUT2D eigenvalue weighted by Gasteiger charge is -2.32. The average molecular weight is 284 g/mol. The molecule has 0 radical (unpaired) electrons. The van der Waals surface area contributed by atoms with E-state index in [2.05, 4.69) is 15.0 Å². The first-order valence-corrected chi connectivity index (χ1v) is 6.64. The predicted octanol–water partition coefficient (Wildman–Crippen LogP) is 2.95. The Morgan fingerprint density at radius 1 is 1.30 bits per heavy atom. The minimum atomic E-state index is -3.11. The summed E-state index contributed by atoms with van der Waals surface area (Å²) in [6.07, 6.45) is -0.811. The number of benzene rings is 1. The molecule has 20 heavy (non-hydrogen) atoms. The number of amides is 1. The fourth-order valence-electron chi connectivity index (χ4n) is 2.30. The van der Waals surface area contributed by atoms with Gasteiger partial charge in [-0.1, -0.05) is 12.1 Å². The largest absolute Gasteiger partial charge is 0.443 e. The highest BCUT2D eigenvalue weighted by Gasteiger charge is 2.46. The third kappa shape index (κ3) is 2.84. The van der Waals surface area contributed by atoms with E-state index in [1.54, 1.807) is 24.3 Å². The Balaban J connectivity index is 2.22. The van der Waals surface area contributed by atoms with Crippen LogP contribution in [0.25, 0.3) is 0 Å². The molecule has 0 saturated carbocycles. The summed E-state index contributed by atoms with van der Waals surface area (Å²) in [6, 6.07) is 5.49. The summed E-state index contributed by atoms with van der Waals surface area (Å²) in [4.78, 5) is 13.2. The predicted molar refractivity (Wildman–Crippen MR) is 72.2 cm³/mol. The van der Waals surface area contributed by atoms with Gasteiger partial charge in [-0.05, 0) is 31.5 Å². The molecule has 1 N–H and O–H groups in total. The molecule has 0 aromatic heterocycles. The van der Waals surface area contributed by atoms with Crippen LogP contribution in [0.3, 0.4) is 0 Å². The molecule has 110 valence electrons. The molecule has 1 aliphatic rings. The zero-order valence-corrected chi connectivity index (χ0v) is 11.5. The van der Waals surface area contributed by atoms with Gasteiger partial charge in [-0.15, -0.1) is 0 Å². The number of carbonyl (C=O) groups is 1. The quantitative estimate of drug-likeness (QED) is 0.924. The van der Waals surface area contributed by atoms with E-state index in [1.807, 2.05) is 13.8 Å². The summed E-state index contributed by atoms with van der Waals surface area (Å²) in [5, 5.41) is 2.17. The number of nitrogens with one attached hydrogen (secondary N) is 1. The van der Waals surface area contributed by atoms with Gasteiger partial charge in [0.1, 0.15) is 6.04 Å². The summed E-state index contributed by atoms with van der Waals surface area (Å²) in [6.45, 7) is 4.87. The Morgan fingerprint density at radius 2 is 1.90 bits per heavy atom. The summed E-state index contributed by atoms with van der Waals surface area (Å²) in [5.41, 5.74) is 1.35. The van der Waals surface area contributed by atoms with Crippen LogP contribution >= 0.6 is 0 Å². The topological polar surface area (TPSA) is 41.6 Å². The monoisotopic (exact) mass is 284 g/mol. The van der Waals surface area contributed by atoms with Gasteiger partial charge in [0.15, 0.2) is 6.61 Å². The van der Waals surface area contributed by atoms with Crippen molar-refractivity contribution in [3.05, 3.63) is 29.8 Å². The van der Waals surface area contributed by atoms with Crippen molar-refractivity contribution in [3.63, 3.8) is 0 Å². The van der Waals surface area contributed by atoms with E-state index >= 15 is 0 Å². The number of ether oxygens (including phenoxy) is 1. The van der Waals surface area contributed by atoms with Crippen LogP contribution in [0.4, 0.5) is 19.3 Å². The minimum Gasteiger partial charge on any atom is -0.443 e. The van der Waals surface area contributed by atoms with Crippen molar-refractivity contribution in [1.29, 1.82) is 0 Å². The highest BCUT2D eigenvalue weighted by atomic mass is 19.3. The molecule has 1 amide bonds. The first kappa shape index (κ1) is 14.6. The fraction of sp³-hybridized carbons (Fsp3) is 0.500. The van der Waals surface area contributed by atoms with Gasteiger partial charge in [-0.25, -0.2) is 13.6 Å². The number of hydrogen-bond acceptors (Lipinski definition) is 3. The normalized spacial score (nSPS) is 21.0. The van der Waals surface area contributed by atoms with Crippen LogP contribution in [0.5, 0.6) is 0 Å². The van der Waals surface area contributed by atoms with Gasteiger partial charge in [0.2, 0.25) is 0 Å². The number of halogens is 2. The first-order valence-electron chi connectivity index (χ1n) is 6.64. The Morgan fingerprint density at radius 3 is 2.45 bits per heavy atom. The van der Waals surface area contributed by atoms with Crippen LogP contribution in [-0.4, -0.2) is 31.7 Å². The van der Waals surface area contributed by atoms with Gasteiger partial charge in [0.25, 0.3) is 0 Å². The number of alkyl halides is 2. The van der Waals surface area contributed by atoms with Crippen LogP contribution in [0, 0.1) is 0 Å². The molecule has 0 bridgehead atoms.